The highest BCUT2D eigenvalue weighted by Gasteiger charge is 2.23. The first-order valence-electron chi connectivity index (χ1n) is 14.6. The van der Waals surface area contributed by atoms with Crippen LogP contribution in [0, 0.1) is 5.82 Å². The van der Waals surface area contributed by atoms with Crippen molar-refractivity contribution >= 4 is 22.5 Å². The van der Waals surface area contributed by atoms with Gasteiger partial charge in [0.2, 0.25) is 0 Å². The molecule has 4 aromatic heterocycles. The van der Waals surface area contributed by atoms with Gasteiger partial charge in [-0.05, 0) is 48.4 Å². The lowest BCUT2D eigenvalue weighted by atomic mass is 9.86. The molecule has 0 atom stereocenters. The Morgan fingerprint density at radius 3 is 2.47 bits per heavy atom. The predicted molar refractivity (Wildman–Crippen MR) is 168 cm³/mol. The summed E-state index contributed by atoms with van der Waals surface area (Å²) in [4.78, 5) is 39.4. The van der Waals surface area contributed by atoms with Gasteiger partial charge in [0.1, 0.15) is 17.3 Å². The van der Waals surface area contributed by atoms with Crippen LogP contribution in [0.5, 0.6) is 0 Å². The van der Waals surface area contributed by atoms with Gasteiger partial charge in [-0.15, -0.1) is 0 Å². The molecule has 232 valence electrons. The number of piperazine rings is 1. The summed E-state index contributed by atoms with van der Waals surface area (Å²) in [7, 11) is 2.09. The minimum Gasteiger partial charge on any atom is -0.391 e. The molecule has 0 aliphatic carbocycles. The predicted octanol–water partition coefficient (Wildman–Crippen LogP) is 2.81. The summed E-state index contributed by atoms with van der Waals surface area (Å²) in [6.45, 7) is 8.90. The first kappa shape index (κ1) is 30.0. The number of carbonyl (C=O) groups excluding carboxylic acids is 1. The molecule has 0 spiro atoms. The molecular weight excluding hydrogens is 577 g/mol. The fraction of sp³-hybridized carbons (Fsp3) is 0.312. The Morgan fingerprint density at radius 1 is 1.07 bits per heavy atom. The van der Waals surface area contributed by atoms with Gasteiger partial charge in [-0.1, -0.05) is 20.8 Å². The molecule has 45 heavy (non-hydrogen) atoms. The minimum absolute atomic E-state index is 0.00271. The molecule has 1 amide bonds. The first-order chi connectivity index (χ1) is 21.5. The molecular formula is C32H34FN9O3. The highest BCUT2D eigenvalue weighted by molar-refractivity contribution is 5.98. The van der Waals surface area contributed by atoms with Crippen LogP contribution in [0.3, 0.4) is 0 Å². The number of hydrogen-bond acceptors (Lipinski definition) is 9. The van der Waals surface area contributed by atoms with Gasteiger partial charge < -0.3 is 20.6 Å². The molecule has 1 fully saturated rings. The molecule has 0 radical (unpaired) electrons. The topological polar surface area (TPSA) is 148 Å². The zero-order valence-electron chi connectivity index (χ0n) is 25.5. The number of pyridine rings is 2. The van der Waals surface area contributed by atoms with Gasteiger partial charge in [-0.3, -0.25) is 9.59 Å². The van der Waals surface area contributed by atoms with Gasteiger partial charge >= 0.3 is 0 Å². The molecule has 12 nitrogen and oxygen atoms in total. The molecule has 1 aromatic carbocycles. The van der Waals surface area contributed by atoms with E-state index in [-0.39, 0.29) is 27.7 Å². The van der Waals surface area contributed by atoms with Crippen molar-refractivity contribution < 1.29 is 14.3 Å². The van der Waals surface area contributed by atoms with Crippen molar-refractivity contribution in [2.45, 2.75) is 32.8 Å². The standard InChI is InChI=1S/C32H34FN9O3/c1-32(2,3)21-13-20-16-37-42(31(45)27(20)24(33)14-21)30-23(18-43)25(7-8-35-30)41-17-22(29(34)44)28(38-41)19-5-6-26(36-15-19)40-11-9-39(4)10-12-40/h5-8,13-17,43H,9-12,18H2,1-4H3,(H2,34,44). The number of nitrogens with two attached hydrogens (primary N) is 1. The molecule has 0 bridgehead atoms. The van der Waals surface area contributed by atoms with Crippen LogP contribution in [-0.4, -0.2) is 78.7 Å². The van der Waals surface area contributed by atoms with Gasteiger partial charge in [-0.2, -0.15) is 14.9 Å². The lowest BCUT2D eigenvalue weighted by Crippen LogP contribution is -2.44. The van der Waals surface area contributed by atoms with Gasteiger partial charge in [0.15, 0.2) is 5.82 Å². The van der Waals surface area contributed by atoms with E-state index in [9.17, 15) is 14.7 Å². The van der Waals surface area contributed by atoms with Crippen LogP contribution in [0.1, 0.15) is 42.3 Å². The largest absolute Gasteiger partial charge is 0.391 e. The summed E-state index contributed by atoms with van der Waals surface area (Å²) in [6.07, 6.45) is 5.92. The normalized spacial score (nSPS) is 14.3. The van der Waals surface area contributed by atoms with E-state index in [1.165, 1.54) is 29.3 Å². The lowest BCUT2D eigenvalue weighted by molar-refractivity contribution is 0.100. The molecule has 0 unspecified atom stereocenters. The van der Waals surface area contributed by atoms with Crippen molar-refractivity contribution in [3.05, 3.63) is 88.0 Å². The second-order valence-corrected chi connectivity index (χ2v) is 12.2. The second kappa shape index (κ2) is 11.5. The van der Waals surface area contributed by atoms with Gasteiger partial charge in [0.25, 0.3) is 11.5 Å². The number of halogens is 1. The summed E-state index contributed by atoms with van der Waals surface area (Å²) in [6, 6.07) is 8.40. The van der Waals surface area contributed by atoms with Gasteiger partial charge in [-0.25, -0.2) is 19.0 Å². The van der Waals surface area contributed by atoms with Crippen LogP contribution in [0.2, 0.25) is 0 Å². The Bertz CT molecular complexity index is 1970. The average Bonchev–Trinajstić information content (AvgIpc) is 3.47. The number of hydrogen-bond donors (Lipinski definition) is 2. The number of benzene rings is 1. The third kappa shape index (κ3) is 5.56. The average molecular weight is 612 g/mol. The third-order valence-electron chi connectivity index (χ3n) is 8.15. The van der Waals surface area contributed by atoms with Crippen molar-refractivity contribution in [1.29, 1.82) is 0 Å². The monoisotopic (exact) mass is 611 g/mol. The van der Waals surface area contributed by atoms with Crippen molar-refractivity contribution in [2.75, 3.05) is 38.1 Å². The fourth-order valence-electron chi connectivity index (χ4n) is 5.48. The summed E-state index contributed by atoms with van der Waals surface area (Å²) >= 11 is 0. The Balaban J connectivity index is 1.41. The summed E-state index contributed by atoms with van der Waals surface area (Å²) in [5.41, 5.74) is 6.95. The van der Waals surface area contributed by atoms with Crippen LogP contribution < -0.4 is 16.2 Å². The Labute approximate surface area is 258 Å². The molecule has 13 heteroatoms. The number of aromatic nitrogens is 6. The quantitative estimate of drug-likeness (QED) is 0.296. The second-order valence-electron chi connectivity index (χ2n) is 12.2. The zero-order chi connectivity index (χ0) is 32.0. The number of fused-ring (bicyclic) bond motifs is 1. The summed E-state index contributed by atoms with van der Waals surface area (Å²) in [5.74, 6) is -0.545. The van der Waals surface area contributed by atoms with E-state index < -0.39 is 23.9 Å². The van der Waals surface area contributed by atoms with Crippen LogP contribution in [-0.2, 0) is 12.0 Å². The number of anilines is 1. The molecule has 1 saturated heterocycles. The summed E-state index contributed by atoms with van der Waals surface area (Å²) in [5, 5.41) is 19.6. The highest BCUT2D eigenvalue weighted by atomic mass is 19.1. The minimum atomic E-state index is -0.727. The SMILES string of the molecule is CN1CCN(c2ccc(-c3nn(-c4ccnc(-n5ncc6cc(C(C)(C)C)cc(F)c6c5=O)c4CO)cc3C(N)=O)cn2)CC1. The van der Waals surface area contributed by atoms with E-state index in [2.05, 4.69) is 37.0 Å². The molecule has 3 N–H and O–H groups in total. The smallest absolute Gasteiger partial charge is 0.283 e. The van der Waals surface area contributed by atoms with Crippen LogP contribution >= 0.6 is 0 Å². The number of aliphatic hydroxyl groups is 1. The summed E-state index contributed by atoms with van der Waals surface area (Å²) < 4.78 is 17.7. The fourth-order valence-corrected chi connectivity index (χ4v) is 5.48. The number of carbonyl (C=O) groups is 1. The van der Waals surface area contributed by atoms with E-state index in [1.807, 2.05) is 32.9 Å². The number of likely N-dealkylation sites (N-methyl/N-ethyl adjacent to an activating group) is 1. The molecule has 1 aliphatic heterocycles. The van der Waals surface area contributed by atoms with Crippen LogP contribution in [0.25, 0.3) is 33.5 Å². The number of aliphatic hydroxyl groups excluding tert-OH is 1. The van der Waals surface area contributed by atoms with Crippen LogP contribution in [0.15, 0.2) is 59.9 Å². The Kier molecular flexibility index (Phi) is 7.67. The molecule has 0 saturated carbocycles. The van der Waals surface area contributed by atoms with E-state index in [0.29, 0.717) is 22.3 Å². The molecule has 6 rings (SSSR count). The number of primary amides is 1. The van der Waals surface area contributed by atoms with Gasteiger partial charge in [0, 0.05) is 61.3 Å². The number of nitrogens with zero attached hydrogens (tertiary/aromatic N) is 8. The van der Waals surface area contributed by atoms with Crippen LogP contribution in [0.4, 0.5) is 10.2 Å². The number of rotatable bonds is 6. The highest BCUT2D eigenvalue weighted by Crippen LogP contribution is 2.29. The molecule has 5 aromatic rings. The third-order valence-corrected chi connectivity index (χ3v) is 8.15. The first-order valence-corrected chi connectivity index (χ1v) is 14.6. The van der Waals surface area contributed by atoms with Crippen molar-refractivity contribution in [3.63, 3.8) is 0 Å². The number of amides is 1. The van der Waals surface area contributed by atoms with Crippen molar-refractivity contribution in [3.8, 4) is 22.8 Å². The van der Waals surface area contributed by atoms with E-state index in [1.54, 1.807) is 18.3 Å². The lowest BCUT2D eigenvalue weighted by Gasteiger charge is -2.33. The Morgan fingerprint density at radius 2 is 1.82 bits per heavy atom. The van der Waals surface area contributed by atoms with E-state index in [4.69, 9.17) is 5.73 Å². The maximum atomic E-state index is 15.3. The van der Waals surface area contributed by atoms with Crippen molar-refractivity contribution in [2.24, 2.45) is 5.73 Å². The molecule has 5 heterocycles. The zero-order valence-corrected chi connectivity index (χ0v) is 25.5. The maximum Gasteiger partial charge on any atom is 0.283 e. The van der Waals surface area contributed by atoms with Crippen molar-refractivity contribution in [1.82, 2.24) is 34.4 Å². The maximum absolute atomic E-state index is 15.3. The molecule has 1 aliphatic rings. The van der Waals surface area contributed by atoms with E-state index in [0.717, 1.165) is 42.2 Å². The van der Waals surface area contributed by atoms with Gasteiger partial charge in [0.05, 0.1) is 29.4 Å². The Hall–Kier alpha value is -5.01. The van der Waals surface area contributed by atoms with E-state index >= 15 is 4.39 Å².